The van der Waals surface area contributed by atoms with E-state index in [0.29, 0.717) is 0 Å². The number of rotatable bonds is 4. The number of alkyl halides is 1. The maximum atomic E-state index is 5.41. The van der Waals surface area contributed by atoms with Crippen LogP contribution in [-0.4, -0.2) is 7.11 Å². The first-order chi connectivity index (χ1) is 9.13. The molecule has 1 nitrogen and oxygen atoms in total. The van der Waals surface area contributed by atoms with Crippen molar-refractivity contribution in [1.29, 1.82) is 0 Å². The van der Waals surface area contributed by atoms with Crippen molar-refractivity contribution >= 4 is 31.9 Å². The third-order valence-corrected chi connectivity index (χ3v) is 4.91. The van der Waals surface area contributed by atoms with E-state index in [1.54, 1.807) is 7.11 Å². The highest BCUT2D eigenvalue weighted by atomic mass is 79.9. The summed E-state index contributed by atoms with van der Waals surface area (Å²) >= 11 is 7.38. The average molecular weight is 384 g/mol. The van der Waals surface area contributed by atoms with Gasteiger partial charge in [-0.25, -0.2) is 0 Å². The summed E-state index contributed by atoms with van der Waals surface area (Å²) in [7, 11) is 1.71. The Balaban J connectivity index is 2.26. The Morgan fingerprint density at radius 2 is 1.84 bits per heavy atom. The molecule has 1 atom stereocenters. The first-order valence-corrected chi connectivity index (χ1v) is 7.85. The summed E-state index contributed by atoms with van der Waals surface area (Å²) in [4.78, 5) is 0.279. The van der Waals surface area contributed by atoms with Gasteiger partial charge in [0.15, 0.2) is 0 Å². The monoisotopic (exact) mass is 382 g/mol. The van der Waals surface area contributed by atoms with Gasteiger partial charge in [-0.2, -0.15) is 0 Å². The number of benzene rings is 2. The van der Waals surface area contributed by atoms with Crippen LogP contribution in [0.2, 0.25) is 0 Å². The third kappa shape index (κ3) is 3.40. The topological polar surface area (TPSA) is 9.23 Å². The van der Waals surface area contributed by atoms with Crippen molar-refractivity contribution in [3.05, 3.63) is 63.6 Å². The molecule has 0 fully saturated rings. The Morgan fingerprint density at radius 1 is 1.11 bits per heavy atom. The lowest BCUT2D eigenvalue weighted by Gasteiger charge is -2.16. The smallest absolute Gasteiger partial charge is 0.122 e. The van der Waals surface area contributed by atoms with E-state index in [-0.39, 0.29) is 4.83 Å². The van der Waals surface area contributed by atoms with E-state index >= 15 is 0 Å². The highest BCUT2D eigenvalue weighted by Gasteiger charge is 2.14. The second-order valence-corrected chi connectivity index (χ2v) is 6.40. The molecule has 100 valence electrons. The van der Waals surface area contributed by atoms with Crippen LogP contribution in [-0.2, 0) is 6.42 Å². The molecule has 0 heterocycles. The Kier molecular flexibility index (Phi) is 5.06. The molecule has 0 bridgehead atoms. The zero-order chi connectivity index (χ0) is 13.8. The van der Waals surface area contributed by atoms with Crippen LogP contribution in [0, 0.1) is 6.92 Å². The second-order valence-electron chi connectivity index (χ2n) is 4.44. The maximum absolute atomic E-state index is 5.41. The molecule has 2 rings (SSSR count). The van der Waals surface area contributed by atoms with Gasteiger partial charge >= 0.3 is 0 Å². The highest BCUT2D eigenvalue weighted by Crippen LogP contribution is 2.34. The van der Waals surface area contributed by atoms with Gasteiger partial charge < -0.3 is 4.74 Å². The molecule has 0 aliphatic rings. The quantitative estimate of drug-likeness (QED) is 0.638. The van der Waals surface area contributed by atoms with E-state index in [1.165, 1.54) is 16.7 Å². The minimum atomic E-state index is 0.279. The summed E-state index contributed by atoms with van der Waals surface area (Å²) in [5.74, 6) is 0.944. The number of para-hydroxylation sites is 1. The number of methoxy groups -OCH3 is 1. The zero-order valence-corrected chi connectivity index (χ0v) is 14.2. The highest BCUT2D eigenvalue weighted by molar-refractivity contribution is 9.10. The van der Waals surface area contributed by atoms with Crippen molar-refractivity contribution < 1.29 is 4.74 Å². The van der Waals surface area contributed by atoms with Crippen molar-refractivity contribution in [2.75, 3.05) is 7.11 Å². The summed E-state index contributed by atoms with van der Waals surface area (Å²) < 4.78 is 6.55. The lowest BCUT2D eigenvalue weighted by atomic mass is 10.00. The molecule has 0 amide bonds. The molecule has 3 heteroatoms. The van der Waals surface area contributed by atoms with Crippen LogP contribution in [0.15, 0.2) is 46.9 Å². The van der Waals surface area contributed by atoms with Crippen LogP contribution < -0.4 is 4.74 Å². The van der Waals surface area contributed by atoms with Crippen molar-refractivity contribution in [3.8, 4) is 5.75 Å². The third-order valence-electron chi connectivity index (χ3n) is 3.24. The molecule has 0 saturated heterocycles. The summed E-state index contributed by atoms with van der Waals surface area (Å²) in [5, 5.41) is 0. The van der Waals surface area contributed by atoms with E-state index in [9.17, 15) is 0 Å². The molecule has 0 saturated carbocycles. The standard InChI is InChI=1S/C16H16Br2O/c1-11-13(7-5-8-14(11)17)15(18)10-12-6-3-4-9-16(12)19-2/h3-9,15H,10H2,1-2H3. The first kappa shape index (κ1) is 14.6. The van der Waals surface area contributed by atoms with Crippen LogP contribution in [0.4, 0.5) is 0 Å². The van der Waals surface area contributed by atoms with Gasteiger partial charge in [-0.3, -0.25) is 0 Å². The average Bonchev–Trinajstić information content (AvgIpc) is 2.42. The number of ether oxygens (including phenoxy) is 1. The van der Waals surface area contributed by atoms with Crippen molar-refractivity contribution in [2.45, 2.75) is 18.2 Å². The fraction of sp³-hybridized carbons (Fsp3) is 0.250. The molecule has 19 heavy (non-hydrogen) atoms. The first-order valence-electron chi connectivity index (χ1n) is 6.14. The van der Waals surface area contributed by atoms with Crippen molar-refractivity contribution in [2.24, 2.45) is 0 Å². The van der Waals surface area contributed by atoms with Gasteiger partial charge in [0, 0.05) is 9.30 Å². The fourth-order valence-corrected chi connectivity index (χ4v) is 3.36. The molecule has 1 unspecified atom stereocenters. The van der Waals surface area contributed by atoms with E-state index in [1.807, 2.05) is 18.2 Å². The Bertz CT molecular complexity index is 566. The zero-order valence-electron chi connectivity index (χ0n) is 11.0. The van der Waals surface area contributed by atoms with Gasteiger partial charge in [0.2, 0.25) is 0 Å². The molecule has 0 spiro atoms. The van der Waals surface area contributed by atoms with Crippen LogP contribution >= 0.6 is 31.9 Å². The summed E-state index contributed by atoms with van der Waals surface area (Å²) in [6, 6.07) is 14.5. The Hall–Kier alpha value is -0.800. The minimum Gasteiger partial charge on any atom is -0.496 e. The molecule has 0 aromatic heterocycles. The molecule has 0 radical (unpaired) electrons. The predicted octanol–water partition coefficient (Wildman–Crippen LogP) is 5.44. The molecule has 0 aliphatic carbocycles. The van der Waals surface area contributed by atoms with Crippen LogP contribution in [0.5, 0.6) is 5.75 Å². The van der Waals surface area contributed by atoms with Crippen LogP contribution in [0.25, 0.3) is 0 Å². The molecular weight excluding hydrogens is 368 g/mol. The summed E-state index contributed by atoms with van der Waals surface area (Å²) in [6.07, 6.45) is 0.904. The number of halogens is 2. The molecule has 0 N–H and O–H groups in total. The van der Waals surface area contributed by atoms with Gasteiger partial charge in [0.05, 0.1) is 7.11 Å². The minimum absolute atomic E-state index is 0.279. The molecule has 2 aromatic carbocycles. The van der Waals surface area contributed by atoms with Gasteiger partial charge in [-0.1, -0.05) is 62.2 Å². The number of hydrogen-bond donors (Lipinski definition) is 0. The van der Waals surface area contributed by atoms with E-state index in [0.717, 1.165) is 16.6 Å². The van der Waals surface area contributed by atoms with Crippen molar-refractivity contribution in [1.82, 2.24) is 0 Å². The molecular formula is C16H16Br2O. The lowest BCUT2D eigenvalue weighted by Crippen LogP contribution is -2.00. The number of hydrogen-bond acceptors (Lipinski definition) is 1. The normalized spacial score (nSPS) is 12.2. The van der Waals surface area contributed by atoms with Gasteiger partial charge in [-0.05, 0) is 42.2 Å². The molecule has 2 aromatic rings. The predicted molar refractivity (Wildman–Crippen MR) is 87.2 cm³/mol. The van der Waals surface area contributed by atoms with Crippen molar-refractivity contribution in [3.63, 3.8) is 0 Å². The second kappa shape index (κ2) is 6.58. The maximum Gasteiger partial charge on any atom is 0.122 e. The Morgan fingerprint density at radius 3 is 2.58 bits per heavy atom. The largest absolute Gasteiger partial charge is 0.496 e. The van der Waals surface area contributed by atoms with Crippen LogP contribution in [0.3, 0.4) is 0 Å². The summed E-state index contributed by atoms with van der Waals surface area (Å²) in [6.45, 7) is 2.13. The van der Waals surface area contributed by atoms with E-state index in [2.05, 4.69) is 63.0 Å². The Labute approximate surface area is 131 Å². The molecule has 0 aliphatic heterocycles. The van der Waals surface area contributed by atoms with E-state index in [4.69, 9.17) is 4.74 Å². The SMILES string of the molecule is COc1ccccc1CC(Br)c1cccc(Br)c1C. The van der Waals surface area contributed by atoms with Gasteiger partial charge in [-0.15, -0.1) is 0 Å². The van der Waals surface area contributed by atoms with Gasteiger partial charge in [0.25, 0.3) is 0 Å². The summed E-state index contributed by atoms with van der Waals surface area (Å²) in [5.41, 5.74) is 3.80. The van der Waals surface area contributed by atoms with Crippen LogP contribution in [0.1, 0.15) is 21.5 Å². The fourth-order valence-electron chi connectivity index (χ4n) is 2.14. The lowest BCUT2D eigenvalue weighted by molar-refractivity contribution is 0.409. The van der Waals surface area contributed by atoms with Gasteiger partial charge in [0.1, 0.15) is 5.75 Å². The van der Waals surface area contributed by atoms with E-state index < -0.39 is 0 Å².